The number of carbonyl (C=O) groups excluding carboxylic acids is 2. The minimum atomic E-state index is -0.353. The van der Waals surface area contributed by atoms with E-state index in [1.165, 1.54) is 0 Å². The number of rotatable bonds is 2. The van der Waals surface area contributed by atoms with Gasteiger partial charge in [0, 0.05) is 25.9 Å². The monoisotopic (exact) mass is 275 g/mol. The highest BCUT2D eigenvalue weighted by Gasteiger charge is 2.25. The van der Waals surface area contributed by atoms with Crippen LogP contribution in [0, 0.1) is 0 Å². The zero-order valence-corrected chi connectivity index (χ0v) is 12.3. The lowest BCUT2D eigenvalue weighted by molar-refractivity contribution is -0.120. The molecule has 0 spiro atoms. The van der Waals surface area contributed by atoms with Crippen LogP contribution in [-0.4, -0.2) is 35.3 Å². The zero-order valence-electron chi connectivity index (χ0n) is 12.3. The van der Waals surface area contributed by atoms with Crippen LogP contribution in [0.15, 0.2) is 24.3 Å². The largest absolute Gasteiger partial charge is 0.487 e. The summed E-state index contributed by atoms with van der Waals surface area (Å²) in [6.45, 7) is 6.86. The molecule has 0 atom stereocenters. The van der Waals surface area contributed by atoms with Crippen LogP contribution in [0.1, 0.15) is 44.0 Å². The van der Waals surface area contributed by atoms with Crippen LogP contribution in [0.3, 0.4) is 0 Å². The number of nitrogens with zero attached hydrogens (tertiary/aromatic N) is 1. The fourth-order valence-electron chi connectivity index (χ4n) is 2.19. The molecule has 0 saturated carbocycles. The Hall–Kier alpha value is -1.84. The molecule has 1 aromatic carbocycles. The molecule has 2 rings (SSSR count). The number of carbonyl (C=O) groups is 2. The van der Waals surface area contributed by atoms with Crippen LogP contribution in [0.2, 0.25) is 0 Å². The zero-order chi connectivity index (χ0) is 14.8. The highest BCUT2D eigenvalue weighted by atomic mass is 16.5. The van der Waals surface area contributed by atoms with E-state index in [-0.39, 0.29) is 17.3 Å². The van der Waals surface area contributed by atoms with E-state index in [4.69, 9.17) is 4.74 Å². The first kappa shape index (κ1) is 14.6. The van der Waals surface area contributed by atoms with Crippen LogP contribution in [-0.2, 0) is 4.79 Å². The molecule has 1 heterocycles. The fraction of sp³-hybridized carbons (Fsp3) is 0.500. The van der Waals surface area contributed by atoms with E-state index < -0.39 is 0 Å². The quantitative estimate of drug-likeness (QED) is 0.833. The molecule has 0 aliphatic carbocycles. The average Bonchev–Trinajstić information content (AvgIpc) is 2.37. The van der Waals surface area contributed by atoms with Crippen LogP contribution < -0.4 is 4.74 Å². The van der Waals surface area contributed by atoms with Crippen LogP contribution in [0.25, 0.3) is 0 Å². The number of ketones is 1. The first-order chi connectivity index (χ1) is 9.37. The Morgan fingerprint density at radius 1 is 1.15 bits per heavy atom. The van der Waals surface area contributed by atoms with Crippen molar-refractivity contribution in [1.29, 1.82) is 0 Å². The topological polar surface area (TPSA) is 46.6 Å². The third kappa shape index (κ3) is 3.59. The molecule has 0 unspecified atom stereocenters. The van der Waals surface area contributed by atoms with E-state index >= 15 is 0 Å². The highest BCUT2D eigenvalue weighted by Crippen LogP contribution is 2.25. The lowest BCUT2D eigenvalue weighted by Gasteiger charge is -2.28. The molecular weight excluding hydrogens is 254 g/mol. The van der Waals surface area contributed by atoms with Gasteiger partial charge in [-0.25, -0.2) is 0 Å². The smallest absolute Gasteiger partial charge is 0.257 e. The molecule has 1 amide bonds. The Labute approximate surface area is 119 Å². The van der Waals surface area contributed by atoms with Crippen LogP contribution in [0.4, 0.5) is 0 Å². The third-order valence-electron chi connectivity index (χ3n) is 3.14. The number of hydrogen-bond acceptors (Lipinski definition) is 3. The Bertz CT molecular complexity index is 507. The summed E-state index contributed by atoms with van der Waals surface area (Å²) in [5.74, 6) is 0.771. The summed E-state index contributed by atoms with van der Waals surface area (Å²) >= 11 is 0. The summed E-state index contributed by atoms with van der Waals surface area (Å²) in [6.07, 6.45) is 0.905. The minimum absolute atomic E-state index is 0.0580. The summed E-state index contributed by atoms with van der Waals surface area (Å²) in [4.78, 5) is 25.5. The van der Waals surface area contributed by atoms with Crippen molar-refractivity contribution in [2.75, 3.05) is 13.1 Å². The number of benzene rings is 1. The van der Waals surface area contributed by atoms with E-state index in [0.717, 1.165) is 0 Å². The first-order valence-corrected chi connectivity index (χ1v) is 6.96. The van der Waals surface area contributed by atoms with Crippen molar-refractivity contribution in [3.05, 3.63) is 29.8 Å². The molecule has 4 nitrogen and oxygen atoms in total. The van der Waals surface area contributed by atoms with Crippen molar-refractivity contribution < 1.29 is 14.3 Å². The van der Waals surface area contributed by atoms with Crippen molar-refractivity contribution in [1.82, 2.24) is 4.90 Å². The van der Waals surface area contributed by atoms with Crippen LogP contribution >= 0.6 is 0 Å². The maximum atomic E-state index is 12.5. The van der Waals surface area contributed by atoms with E-state index in [2.05, 4.69) is 0 Å². The third-order valence-corrected chi connectivity index (χ3v) is 3.14. The van der Waals surface area contributed by atoms with Gasteiger partial charge in [-0.2, -0.15) is 0 Å². The van der Waals surface area contributed by atoms with Gasteiger partial charge < -0.3 is 9.64 Å². The summed E-state index contributed by atoms with van der Waals surface area (Å²) in [5, 5.41) is 0. The van der Waals surface area contributed by atoms with Crippen molar-refractivity contribution in [3.8, 4) is 5.75 Å². The average molecular weight is 275 g/mol. The number of likely N-dealkylation sites (tertiary alicyclic amines) is 1. The second-order valence-electron chi connectivity index (χ2n) is 6.04. The van der Waals surface area contributed by atoms with Gasteiger partial charge in [0.15, 0.2) is 0 Å². The van der Waals surface area contributed by atoms with Crippen molar-refractivity contribution in [2.45, 2.75) is 39.2 Å². The molecule has 0 N–H and O–H groups in total. The predicted molar refractivity (Wildman–Crippen MR) is 77.0 cm³/mol. The molecule has 0 radical (unpaired) electrons. The maximum Gasteiger partial charge on any atom is 0.257 e. The molecule has 1 saturated heterocycles. The van der Waals surface area contributed by atoms with E-state index in [9.17, 15) is 9.59 Å². The molecule has 0 aromatic heterocycles. The van der Waals surface area contributed by atoms with Gasteiger partial charge in [0.25, 0.3) is 5.91 Å². The minimum Gasteiger partial charge on any atom is -0.487 e. The highest BCUT2D eigenvalue weighted by molar-refractivity contribution is 5.97. The number of para-hydroxylation sites is 1. The van der Waals surface area contributed by atoms with Gasteiger partial charge in [0.05, 0.1) is 5.56 Å². The van der Waals surface area contributed by atoms with Crippen molar-refractivity contribution in [2.24, 2.45) is 0 Å². The lowest BCUT2D eigenvalue weighted by atomic mass is 10.1. The normalized spacial score (nSPS) is 16.1. The van der Waals surface area contributed by atoms with Gasteiger partial charge in [-0.15, -0.1) is 0 Å². The summed E-state index contributed by atoms with van der Waals surface area (Å²) in [5.41, 5.74) is 0.214. The fourth-order valence-corrected chi connectivity index (χ4v) is 2.19. The van der Waals surface area contributed by atoms with E-state index in [1.54, 1.807) is 11.0 Å². The molecular formula is C16H21NO3. The molecule has 20 heavy (non-hydrogen) atoms. The summed E-state index contributed by atoms with van der Waals surface area (Å²) in [6, 6.07) is 7.28. The summed E-state index contributed by atoms with van der Waals surface area (Å²) < 4.78 is 5.85. The number of ether oxygens (including phenoxy) is 1. The number of Topliss-reactive ketones (excluding diaryl/α,β-unsaturated/α-hetero) is 1. The molecule has 108 valence electrons. The first-order valence-electron chi connectivity index (χ1n) is 6.96. The van der Waals surface area contributed by atoms with Crippen molar-refractivity contribution in [3.63, 3.8) is 0 Å². The molecule has 1 aromatic rings. The number of hydrogen-bond donors (Lipinski definition) is 0. The van der Waals surface area contributed by atoms with Gasteiger partial charge in [-0.05, 0) is 32.9 Å². The molecule has 1 fully saturated rings. The second kappa shape index (κ2) is 5.65. The van der Waals surface area contributed by atoms with Crippen molar-refractivity contribution >= 4 is 11.7 Å². The van der Waals surface area contributed by atoms with E-state index in [1.807, 2.05) is 39.0 Å². The van der Waals surface area contributed by atoms with Gasteiger partial charge >= 0.3 is 0 Å². The van der Waals surface area contributed by atoms with Gasteiger partial charge in [0.1, 0.15) is 17.1 Å². The van der Waals surface area contributed by atoms with Crippen LogP contribution in [0.5, 0.6) is 5.75 Å². The Balaban J connectivity index is 2.19. The predicted octanol–water partition coefficient (Wildman–Crippen LogP) is 2.67. The Morgan fingerprint density at radius 3 is 2.35 bits per heavy atom. The van der Waals surface area contributed by atoms with Gasteiger partial charge in [-0.1, -0.05) is 12.1 Å². The molecule has 4 heteroatoms. The number of amides is 1. The Morgan fingerprint density at radius 2 is 1.75 bits per heavy atom. The standard InChI is InChI=1S/C16H21NO3/c1-16(2,3)20-14-7-5-4-6-13(14)15(19)17-10-8-12(18)9-11-17/h4-7H,8-11H2,1-3H3. The van der Waals surface area contributed by atoms with Gasteiger partial charge in [0.2, 0.25) is 0 Å². The summed E-state index contributed by atoms with van der Waals surface area (Å²) in [7, 11) is 0. The SMILES string of the molecule is CC(C)(C)Oc1ccccc1C(=O)N1CCC(=O)CC1. The lowest BCUT2D eigenvalue weighted by Crippen LogP contribution is -2.39. The van der Waals surface area contributed by atoms with E-state index in [0.29, 0.717) is 37.2 Å². The van der Waals surface area contributed by atoms with Gasteiger partial charge in [-0.3, -0.25) is 9.59 Å². The molecule has 0 bridgehead atoms. The molecule has 1 aliphatic heterocycles. The second-order valence-corrected chi connectivity index (χ2v) is 6.04. The Kier molecular flexibility index (Phi) is 4.12. The number of piperidine rings is 1. The molecule has 1 aliphatic rings. The maximum absolute atomic E-state index is 12.5.